The highest BCUT2D eigenvalue weighted by atomic mass is 16.5. The Hall–Kier alpha value is -1.34. The van der Waals surface area contributed by atoms with Crippen molar-refractivity contribution < 1.29 is 4.74 Å². The molecule has 1 heteroatoms. The predicted molar refractivity (Wildman–Crippen MR) is 65.8 cm³/mol. The molecule has 1 rings (SSSR count). The summed E-state index contributed by atoms with van der Waals surface area (Å²) in [6, 6.07) is 0. The lowest BCUT2D eigenvalue weighted by atomic mass is 10.1. The number of ether oxygens (including phenoxy) is 1. The Bertz CT molecular complexity index is 327. The first kappa shape index (κ1) is 11.7. The molecule has 0 aromatic carbocycles. The van der Waals surface area contributed by atoms with Gasteiger partial charge in [0.15, 0.2) is 0 Å². The van der Waals surface area contributed by atoms with Crippen molar-refractivity contribution in [2.45, 2.75) is 13.3 Å². The van der Waals surface area contributed by atoms with Crippen LogP contribution in [-0.4, -0.2) is 13.7 Å². The zero-order valence-electron chi connectivity index (χ0n) is 9.44. The van der Waals surface area contributed by atoms with Gasteiger partial charge in [-0.3, -0.25) is 0 Å². The predicted octanol–water partition coefficient (Wildman–Crippen LogP) is 3.58. The fraction of sp³-hybridized carbons (Fsp3) is 0.286. The standard InChI is InChI=1S/C14H18O/c1-3-8-13-9-5-4-6-10-14(13)11-7-12-15-2/h3,5-11H,4,12H2,1-2H3/b8-3-,11-7+. The van der Waals surface area contributed by atoms with Crippen LogP contribution in [0.4, 0.5) is 0 Å². The highest BCUT2D eigenvalue weighted by Crippen LogP contribution is 2.15. The third kappa shape index (κ3) is 4.13. The van der Waals surface area contributed by atoms with E-state index in [2.05, 4.69) is 42.5 Å². The lowest BCUT2D eigenvalue weighted by molar-refractivity contribution is 0.234. The van der Waals surface area contributed by atoms with Crippen LogP contribution in [0.3, 0.4) is 0 Å². The molecule has 0 amide bonds. The molecular weight excluding hydrogens is 184 g/mol. The van der Waals surface area contributed by atoms with Gasteiger partial charge < -0.3 is 4.74 Å². The summed E-state index contributed by atoms with van der Waals surface area (Å²) in [5, 5.41) is 0. The van der Waals surface area contributed by atoms with Crippen LogP contribution >= 0.6 is 0 Å². The van der Waals surface area contributed by atoms with Crippen molar-refractivity contribution in [1.82, 2.24) is 0 Å². The molecule has 1 aliphatic carbocycles. The maximum absolute atomic E-state index is 4.99. The van der Waals surface area contributed by atoms with Crippen molar-refractivity contribution in [1.29, 1.82) is 0 Å². The second-order valence-corrected chi connectivity index (χ2v) is 3.31. The average molecular weight is 202 g/mol. The Balaban J connectivity index is 2.89. The van der Waals surface area contributed by atoms with Crippen molar-refractivity contribution in [2.24, 2.45) is 0 Å². The summed E-state index contributed by atoms with van der Waals surface area (Å²) in [5.74, 6) is 0. The highest BCUT2D eigenvalue weighted by Gasteiger charge is 1.96. The van der Waals surface area contributed by atoms with Crippen LogP contribution in [-0.2, 0) is 4.74 Å². The topological polar surface area (TPSA) is 9.23 Å². The van der Waals surface area contributed by atoms with E-state index in [1.807, 2.05) is 13.0 Å². The second kappa shape index (κ2) is 7.02. The molecular formula is C14H18O. The van der Waals surface area contributed by atoms with Crippen LogP contribution < -0.4 is 0 Å². The summed E-state index contributed by atoms with van der Waals surface area (Å²) in [5.41, 5.74) is 2.48. The van der Waals surface area contributed by atoms with Crippen molar-refractivity contribution >= 4 is 0 Å². The molecule has 0 aliphatic heterocycles. The van der Waals surface area contributed by atoms with E-state index in [0.29, 0.717) is 6.61 Å². The van der Waals surface area contributed by atoms with E-state index in [0.717, 1.165) is 6.42 Å². The molecule has 0 atom stereocenters. The number of methoxy groups -OCH3 is 1. The Morgan fingerprint density at radius 1 is 1.20 bits per heavy atom. The molecule has 0 bridgehead atoms. The fourth-order valence-electron chi connectivity index (χ4n) is 1.42. The van der Waals surface area contributed by atoms with Gasteiger partial charge in [-0.05, 0) is 24.5 Å². The molecule has 15 heavy (non-hydrogen) atoms. The Kier molecular flexibility index (Phi) is 5.49. The quantitative estimate of drug-likeness (QED) is 0.677. The van der Waals surface area contributed by atoms with E-state index >= 15 is 0 Å². The van der Waals surface area contributed by atoms with Gasteiger partial charge in [-0.25, -0.2) is 0 Å². The summed E-state index contributed by atoms with van der Waals surface area (Å²) >= 11 is 0. The number of allylic oxidation sites excluding steroid dienone is 9. The van der Waals surface area contributed by atoms with E-state index in [-0.39, 0.29) is 0 Å². The number of hydrogen-bond donors (Lipinski definition) is 0. The molecule has 0 N–H and O–H groups in total. The Labute approximate surface area is 92.1 Å². The van der Waals surface area contributed by atoms with E-state index in [9.17, 15) is 0 Å². The molecule has 1 nitrogen and oxygen atoms in total. The third-order valence-electron chi connectivity index (χ3n) is 2.11. The minimum atomic E-state index is 0.657. The summed E-state index contributed by atoms with van der Waals surface area (Å²) in [7, 11) is 1.70. The smallest absolute Gasteiger partial charge is 0.0646 e. The van der Waals surface area contributed by atoms with Crippen LogP contribution in [0.25, 0.3) is 0 Å². The van der Waals surface area contributed by atoms with Gasteiger partial charge in [0.25, 0.3) is 0 Å². The maximum Gasteiger partial charge on any atom is 0.0646 e. The minimum absolute atomic E-state index is 0.657. The lowest BCUT2D eigenvalue weighted by Gasteiger charge is -1.99. The fourth-order valence-corrected chi connectivity index (χ4v) is 1.42. The molecule has 0 aromatic heterocycles. The molecule has 0 radical (unpaired) electrons. The molecule has 0 fully saturated rings. The van der Waals surface area contributed by atoms with Crippen LogP contribution in [0.2, 0.25) is 0 Å². The molecule has 0 spiro atoms. The van der Waals surface area contributed by atoms with Gasteiger partial charge in [0.05, 0.1) is 6.61 Å². The third-order valence-corrected chi connectivity index (χ3v) is 2.11. The molecule has 0 heterocycles. The zero-order valence-corrected chi connectivity index (χ0v) is 9.44. The van der Waals surface area contributed by atoms with Gasteiger partial charge in [-0.15, -0.1) is 0 Å². The van der Waals surface area contributed by atoms with Gasteiger partial charge in [0.2, 0.25) is 0 Å². The van der Waals surface area contributed by atoms with E-state index < -0.39 is 0 Å². The monoisotopic (exact) mass is 202 g/mol. The summed E-state index contributed by atoms with van der Waals surface area (Å²) in [6.07, 6.45) is 18.0. The molecule has 0 saturated heterocycles. The van der Waals surface area contributed by atoms with Crippen molar-refractivity contribution in [3.05, 3.63) is 59.8 Å². The summed E-state index contributed by atoms with van der Waals surface area (Å²) in [4.78, 5) is 0. The molecule has 0 aromatic rings. The first-order valence-electron chi connectivity index (χ1n) is 5.24. The van der Waals surface area contributed by atoms with E-state index in [1.165, 1.54) is 11.1 Å². The van der Waals surface area contributed by atoms with Crippen molar-refractivity contribution in [2.75, 3.05) is 13.7 Å². The minimum Gasteiger partial charge on any atom is -0.381 e. The van der Waals surface area contributed by atoms with Gasteiger partial charge in [0.1, 0.15) is 0 Å². The molecule has 0 unspecified atom stereocenters. The summed E-state index contributed by atoms with van der Waals surface area (Å²) in [6.45, 7) is 2.69. The zero-order chi connectivity index (χ0) is 10.9. The maximum atomic E-state index is 4.99. The van der Waals surface area contributed by atoms with Gasteiger partial charge >= 0.3 is 0 Å². The van der Waals surface area contributed by atoms with Gasteiger partial charge in [-0.2, -0.15) is 0 Å². The van der Waals surface area contributed by atoms with E-state index in [1.54, 1.807) is 7.11 Å². The Morgan fingerprint density at radius 3 is 2.47 bits per heavy atom. The van der Waals surface area contributed by atoms with Crippen LogP contribution in [0.5, 0.6) is 0 Å². The average Bonchev–Trinajstić information content (AvgIpc) is 2.45. The summed E-state index contributed by atoms with van der Waals surface area (Å²) < 4.78 is 4.99. The van der Waals surface area contributed by atoms with Gasteiger partial charge in [-0.1, -0.05) is 48.6 Å². The number of hydrogen-bond acceptors (Lipinski definition) is 1. The first-order valence-corrected chi connectivity index (χ1v) is 5.24. The van der Waals surface area contributed by atoms with Crippen LogP contribution in [0, 0.1) is 0 Å². The van der Waals surface area contributed by atoms with Crippen molar-refractivity contribution in [3.63, 3.8) is 0 Å². The SMILES string of the molecule is C/C=C\C1=C(/C=C/COC)C=CCC=C1. The Morgan fingerprint density at radius 2 is 1.87 bits per heavy atom. The van der Waals surface area contributed by atoms with E-state index in [4.69, 9.17) is 4.74 Å². The highest BCUT2D eigenvalue weighted by molar-refractivity contribution is 5.48. The molecule has 1 aliphatic rings. The van der Waals surface area contributed by atoms with Crippen LogP contribution in [0.15, 0.2) is 59.8 Å². The number of rotatable bonds is 4. The lowest BCUT2D eigenvalue weighted by Crippen LogP contribution is -1.83. The van der Waals surface area contributed by atoms with Gasteiger partial charge in [0, 0.05) is 7.11 Å². The van der Waals surface area contributed by atoms with Crippen LogP contribution in [0.1, 0.15) is 13.3 Å². The van der Waals surface area contributed by atoms with Crippen molar-refractivity contribution in [3.8, 4) is 0 Å². The second-order valence-electron chi connectivity index (χ2n) is 3.31. The first-order chi connectivity index (χ1) is 7.38. The molecule has 80 valence electrons. The largest absolute Gasteiger partial charge is 0.381 e. The molecule has 0 saturated carbocycles. The normalized spacial score (nSPS) is 16.9.